The smallest absolute Gasteiger partial charge is 0.261 e. The highest BCUT2D eigenvalue weighted by Gasteiger charge is 2.14. The van der Waals surface area contributed by atoms with Crippen LogP contribution in [-0.4, -0.2) is 8.42 Å². The molecule has 1 N–H and O–H groups in total. The van der Waals surface area contributed by atoms with E-state index in [-0.39, 0.29) is 0 Å². The summed E-state index contributed by atoms with van der Waals surface area (Å²) in [6.45, 7) is 8.26. The molecule has 2 aromatic carbocycles. The van der Waals surface area contributed by atoms with E-state index in [1.807, 2.05) is 38.1 Å². The molecule has 0 unspecified atom stereocenters. The van der Waals surface area contributed by atoms with Crippen molar-refractivity contribution in [3.05, 3.63) is 59.2 Å². The lowest BCUT2D eigenvalue weighted by Gasteiger charge is -2.11. The van der Waals surface area contributed by atoms with E-state index in [0.717, 1.165) is 23.1 Å². The first-order valence-corrected chi connectivity index (χ1v) is 8.95. The Morgan fingerprint density at radius 1 is 0.955 bits per heavy atom. The van der Waals surface area contributed by atoms with Gasteiger partial charge in [-0.15, -0.1) is 0 Å². The number of hydrogen-bond acceptors (Lipinski definition) is 2. The molecule has 2 rings (SSSR count). The highest BCUT2D eigenvalue weighted by Crippen LogP contribution is 2.20. The Kier molecular flexibility index (Phi) is 4.91. The fourth-order valence-electron chi connectivity index (χ4n) is 2.30. The van der Waals surface area contributed by atoms with Crippen molar-refractivity contribution < 1.29 is 8.42 Å². The van der Waals surface area contributed by atoms with E-state index in [1.165, 1.54) is 0 Å². The maximum absolute atomic E-state index is 12.4. The van der Waals surface area contributed by atoms with Crippen molar-refractivity contribution in [1.29, 1.82) is 0 Å². The molecule has 0 bridgehead atoms. The molecule has 118 valence electrons. The SMILES string of the molecule is Cc1ccc(NS(=O)(=O)c2ccc(CC(C)C)cc2)cc1C. The van der Waals surface area contributed by atoms with Gasteiger partial charge in [0.05, 0.1) is 4.90 Å². The average Bonchev–Trinajstić information content (AvgIpc) is 2.42. The largest absolute Gasteiger partial charge is 0.280 e. The van der Waals surface area contributed by atoms with Gasteiger partial charge >= 0.3 is 0 Å². The van der Waals surface area contributed by atoms with Crippen molar-refractivity contribution in [3.8, 4) is 0 Å². The number of sulfonamides is 1. The zero-order valence-electron chi connectivity index (χ0n) is 13.6. The monoisotopic (exact) mass is 317 g/mol. The first kappa shape index (κ1) is 16.6. The van der Waals surface area contributed by atoms with Gasteiger partial charge in [0.25, 0.3) is 10.0 Å². The fraction of sp³-hybridized carbons (Fsp3) is 0.333. The molecular weight excluding hydrogens is 294 g/mol. The second-order valence-corrected chi connectivity index (χ2v) is 7.83. The van der Waals surface area contributed by atoms with Crippen molar-refractivity contribution in [1.82, 2.24) is 0 Å². The van der Waals surface area contributed by atoms with Gasteiger partial charge in [0.15, 0.2) is 0 Å². The van der Waals surface area contributed by atoms with E-state index in [9.17, 15) is 8.42 Å². The van der Waals surface area contributed by atoms with Gasteiger partial charge in [-0.05, 0) is 67.1 Å². The van der Waals surface area contributed by atoms with Gasteiger partial charge in [0.2, 0.25) is 0 Å². The van der Waals surface area contributed by atoms with Crippen LogP contribution in [0.5, 0.6) is 0 Å². The van der Waals surface area contributed by atoms with Crippen LogP contribution < -0.4 is 4.72 Å². The van der Waals surface area contributed by atoms with Crippen molar-refractivity contribution in [3.63, 3.8) is 0 Å². The maximum atomic E-state index is 12.4. The standard InChI is InChI=1S/C18H23NO2S/c1-13(2)11-16-6-9-18(10-7-16)22(20,21)19-17-8-5-14(3)15(4)12-17/h5-10,12-13,19H,11H2,1-4H3. The minimum absolute atomic E-state index is 0.290. The minimum atomic E-state index is -3.54. The average molecular weight is 317 g/mol. The molecule has 0 amide bonds. The fourth-order valence-corrected chi connectivity index (χ4v) is 3.34. The summed E-state index contributed by atoms with van der Waals surface area (Å²) in [5.41, 5.74) is 3.95. The van der Waals surface area contributed by atoms with Crippen molar-refractivity contribution in [2.24, 2.45) is 5.92 Å². The Hall–Kier alpha value is -1.81. The van der Waals surface area contributed by atoms with E-state index in [0.29, 0.717) is 16.5 Å². The molecule has 22 heavy (non-hydrogen) atoms. The molecule has 0 radical (unpaired) electrons. The summed E-state index contributed by atoms with van der Waals surface area (Å²) in [5.74, 6) is 0.552. The summed E-state index contributed by atoms with van der Waals surface area (Å²) in [6, 6.07) is 12.7. The van der Waals surface area contributed by atoms with Crippen LogP contribution >= 0.6 is 0 Å². The molecule has 0 spiro atoms. The molecule has 0 saturated carbocycles. The number of aryl methyl sites for hydroxylation is 2. The van der Waals surface area contributed by atoms with Crippen molar-refractivity contribution >= 4 is 15.7 Å². The number of nitrogens with one attached hydrogen (secondary N) is 1. The van der Waals surface area contributed by atoms with E-state index in [2.05, 4.69) is 18.6 Å². The molecule has 0 atom stereocenters. The Bertz CT molecular complexity index is 747. The molecule has 0 saturated heterocycles. The summed E-state index contributed by atoms with van der Waals surface area (Å²) in [5, 5.41) is 0. The van der Waals surface area contributed by atoms with Crippen molar-refractivity contribution in [2.75, 3.05) is 4.72 Å². The van der Waals surface area contributed by atoms with Crippen LogP contribution in [-0.2, 0) is 16.4 Å². The van der Waals surface area contributed by atoms with E-state index in [4.69, 9.17) is 0 Å². The second kappa shape index (κ2) is 6.53. The summed E-state index contributed by atoms with van der Waals surface area (Å²) in [4.78, 5) is 0.290. The predicted molar refractivity (Wildman–Crippen MR) is 91.7 cm³/mol. The molecule has 2 aromatic rings. The Balaban J connectivity index is 2.20. The second-order valence-electron chi connectivity index (χ2n) is 6.15. The normalized spacial score (nSPS) is 11.7. The Morgan fingerprint density at radius 3 is 2.14 bits per heavy atom. The number of rotatable bonds is 5. The van der Waals surface area contributed by atoms with Crippen LogP contribution in [0.15, 0.2) is 47.4 Å². The van der Waals surface area contributed by atoms with E-state index < -0.39 is 10.0 Å². The molecule has 0 aliphatic heterocycles. The third-order valence-corrected chi connectivity index (χ3v) is 5.03. The quantitative estimate of drug-likeness (QED) is 0.893. The van der Waals surface area contributed by atoms with Crippen LogP contribution in [0.1, 0.15) is 30.5 Å². The molecule has 0 heterocycles. The van der Waals surface area contributed by atoms with E-state index in [1.54, 1.807) is 18.2 Å². The summed E-state index contributed by atoms with van der Waals surface area (Å²) >= 11 is 0. The molecule has 0 aromatic heterocycles. The predicted octanol–water partition coefficient (Wildman–Crippen LogP) is 4.30. The minimum Gasteiger partial charge on any atom is -0.280 e. The van der Waals surface area contributed by atoms with Crippen LogP contribution in [0.3, 0.4) is 0 Å². The van der Waals surface area contributed by atoms with Crippen LogP contribution in [0.4, 0.5) is 5.69 Å². The first-order chi connectivity index (χ1) is 10.3. The molecule has 0 aliphatic rings. The zero-order valence-corrected chi connectivity index (χ0v) is 14.4. The van der Waals surface area contributed by atoms with Gasteiger partial charge in [0.1, 0.15) is 0 Å². The van der Waals surface area contributed by atoms with Gasteiger partial charge < -0.3 is 0 Å². The van der Waals surface area contributed by atoms with Crippen LogP contribution in [0.2, 0.25) is 0 Å². The summed E-state index contributed by atoms with van der Waals surface area (Å²) < 4.78 is 27.5. The van der Waals surface area contributed by atoms with Crippen LogP contribution in [0, 0.1) is 19.8 Å². The lowest BCUT2D eigenvalue weighted by molar-refractivity contribution is 0.601. The third kappa shape index (κ3) is 4.10. The Labute approximate surface area is 133 Å². The lowest BCUT2D eigenvalue weighted by Crippen LogP contribution is -2.13. The topological polar surface area (TPSA) is 46.2 Å². The van der Waals surface area contributed by atoms with Crippen LogP contribution in [0.25, 0.3) is 0 Å². The summed E-state index contributed by atoms with van der Waals surface area (Å²) in [7, 11) is -3.54. The third-order valence-electron chi connectivity index (χ3n) is 3.64. The maximum Gasteiger partial charge on any atom is 0.261 e. The molecule has 3 nitrogen and oxygen atoms in total. The summed E-state index contributed by atoms with van der Waals surface area (Å²) in [6.07, 6.45) is 0.949. The highest BCUT2D eigenvalue weighted by atomic mass is 32.2. The van der Waals surface area contributed by atoms with Gasteiger partial charge in [0, 0.05) is 5.69 Å². The number of benzene rings is 2. The Morgan fingerprint density at radius 2 is 1.59 bits per heavy atom. The first-order valence-electron chi connectivity index (χ1n) is 7.47. The zero-order chi connectivity index (χ0) is 16.3. The molecule has 4 heteroatoms. The highest BCUT2D eigenvalue weighted by molar-refractivity contribution is 7.92. The number of anilines is 1. The number of hydrogen-bond donors (Lipinski definition) is 1. The van der Waals surface area contributed by atoms with Gasteiger partial charge in [-0.3, -0.25) is 4.72 Å². The van der Waals surface area contributed by atoms with Gasteiger partial charge in [-0.1, -0.05) is 32.0 Å². The molecule has 0 aliphatic carbocycles. The van der Waals surface area contributed by atoms with Gasteiger partial charge in [-0.25, -0.2) is 8.42 Å². The lowest BCUT2D eigenvalue weighted by atomic mass is 10.0. The molecular formula is C18H23NO2S. The van der Waals surface area contributed by atoms with Gasteiger partial charge in [-0.2, -0.15) is 0 Å². The van der Waals surface area contributed by atoms with E-state index >= 15 is 0 Å². The van der Waals surface area contributed by atoms with Crippen molar-refractivity contribution in [2.45, 2.75) is 39.0 Å². The molecule has 0 fully saturated rings.